The lowest BCUT2D eigenvalue weighted by atomic mass is 9.95. The third-order valence-electron chi connectivity index (χ3n) is 6.32. The molecule has 0 radical (unpaired) electrons. The minimum Gasteiger partial charge on any atom is -0.370 e. The molecule has 2 amide bonds. The highest BCUT2D eigenvalue weighted by atomic mass is 16.5. The number of rotatable bonds is 8. The van der Waals surface area contributed by atoms with E-state index in [-0.39, 0.29) is 29.5 Å². The van der Waals surface area contributed by atoms with Crippen molar-refractivity contribution in [2.75, 3.05) is 23.3 Å². The van der Waals surface area contributed by atoms with E-state index in [0.29, 0.717) is 43.9 Å². The second-order valence-corrected chi connectivity index (χ2v) is 8.81. The quantitative estimate of drug-likeness (QED) is 0.470. The van der Waals surface area contributed by atoms with Crippen molar-refractivity contribution in [2.24, 2.45) is 11.7 Å². The summed E-state index contributed by atoms with van der Waals surface area (Å²) in [7, 11) is 0. The van der Waals surface area contributed by atoms with Gasteiger partial charge in [0.15, 0.2) is 5.69 Å². The summed E-state index contributed by atoms with van der Waals surface area (Å²) in [5, 5.41) is 10.4. The summed E-state index contributed by atoms with van der Waals surface area (Å²) in [6.07, 6.45) is 1.40. The third kappa shape index (κ3) is 5.63. The maximum absolute atomic E-state index is 12.8. The molecule has 4 N–H and O–H groups in total. The molecule has 34 heavy (non-hydrogen) atoms. The van der Waals surface area contributed by atoms with Crippen LogP contribution in [0.5, 0.6) is 0 Å². The van der Waals surface area contributed by atoms with Gasteiger partial charge in [-0.3, -0.25) is 9.59 Å². The Kier molecular flexibility index (Phi) is 7.27. The molecule has 1 aliphatic heterocycles. The Morgan fingerprint density at radius 1 is 1.15 bits per heavy atom. The molecule has 1 unspecified atom stereocenters. The van der Waals surface area contributed by atoms with Crippen molar-refractivity contribution in [3.63, 3.8) is 0 Å². The minimum atomic E-state index is -0.326. The summed E-state index contributed by atoms with van der Waals surface area (Å²) in [4.78, 5) is 26.6. The van der Waals surface area contributed by atoms with E-state index < -0.39 is 0 Å². The summed E-state index contributed by atoms with van der Waals surface area (Å²) in [6.45, 7) is 5.91. The number of primary amides is 1. The van der Waals surface area contributed by atoms with Crippen molar-refractivity contribution >= 4 is 23.2 Å². The van der Waals surface area contributed by atoms with Gasteiger partial charge in [0.1, 0.15) is 5.76 Å². The molecule has 0 spiro atoms. The number of carbonyl (C=O) groups excluding carboxylic acids is 2. The summed E-state index contributed by atoms with van der Waals surface area (Å²) >= 11 is 0. The van der Waals surface area contributed by atoms with Crippen molar-refractivity contribution in [2.45, 2.75) is 39.3 Å². The van der Waals surface area contributed by atoms with Crippen LogP contribution in [0.15, 0.2) is 59.1 Å². The van der Waals surface area contributed by atoms with Crippen LogP contribution in [0.2, 0.25) is 0 Å². The number of benzene rings is 2. The minimum absolute atomic E-state index is 0.102. The first-order chi connectivity index (χ1) is 16.4. The fourth-order valence-corrected chi connectivity index (χ4v) is 4.26. The summed E-state index contributed by atoms with van der Waals surface area (Å²) in [5.41, 5.74) is 9.61. The van der Waals surface area contributed by atoms with Gasteiger partial charge in [-0.15, -0.1) is 0 Å². The SMILES string of the molecule is Cc1cc(C(=O)Nc2cc(CNC(C)c3ccccc3)ccc2N2CCC(C(N)=O)CC2)no1. The molecule has 4 rings (SSSR count). The van der Waals surface area contributed by atoms with Crippen LogP contribution >= 0.6 is 0 Å². The van der Waals surface area contributed by atoms with E-state index in [1.54, 1.807) is 13.0 Å². The van der Waals surface area contributed by atoms with Crippen LogP contribution in [0.25, 0.3) is 0 Å². The highest BCUT2D eigenvalue weighted by Gasteiger charge is 2.25. The van der Waals surface area contributed by atoms with Crippen molar-refractivity contribution < 1.29 is 14.1 Å². The number of nitrogens with two attached hydrogens (primary N) is 1. The fourth-order valence-electron chi connectivity index (χ4n) is 4.26. The number of aromatic nitrogens is 1. The van der Waals surface area contributed by atoms with Crippen molar-refractivity contribution in [1.29, 1.82) is 0 Å². The number of anilines is 2. The highest BCUT2D eigenvalue weighted by Crippen LogP contribution is 2.31. The fraction of sp³-hybridized carbons (Fsp3) is 0.346. The van der Waals surface area contributed by atoms with Gasteiger partial charge in [-0.05, 0) is 49.9 Å². The van der Waals surface area contributed by atoms with Crippen LogP contribution in [0.3, 0.4) is 0 Å². The molecule has 0 bridgehead atoms. The number of aryl methyl sites for hydroxylation is 1. The Hall–Kier alpha value is -3.65. The lowest BCUT2D eigenvalue weighted by molar-refractivity contribution is -0.122. The third-order valence-corrected chi connectivity index (χ3v) is 6.32. The van der Waals surface area contributed by atoms with Gasteiger partial charge in [-0.25, -0.2) is 0 Å². The zero-order valence-corrected chi connectivity index (χ0v) is 19.6. The van der Waals surface area contributed by atoms with Gasteiger partial charge >= 0.3 is 0 Å². The number of hydrogen-bond donors (Lipinski definition) is 3. The summed E-state index contributed by atoms with van der Waals surface area (Å²) in [6, 6.07) is 18.1. The van der Waals surface area contributed by atoms with E-state index in [1.165, 1.54) is 5.56 Å². The summed E-state index contributed by atoms with van der Waals surface area (Å²) < 4.78 is 5.06. The topological polar surface area (TPSA) is 113 Å². The van der Waals surface area contributed by atoms with Crippen molar-refractivity contribution in [3.8, 4) is 0 Å². The van der Waals surface area contributed by atoms with Gasteiger partial charge in [0.2, 0.25) is 5.91 Å². The molecule has 0 aliphatic carbocycles. The predicted octanol–water partition coefficient (Wildman–Crippen LogP) is 3.79. The van der Waals surface area contributed by atoms with Gasteiger partial charge < -0.3 is 25.8 Å². The first-order valence-corrected chi connectivity index (χ1v) is 11.6. The van der Waals surface area contributed by atoms with Crippen LogP contribution in [0, 0.1) is 12.8 Å². The van der Waals surface area contributed by atoms with Crippen LogP contribution in [-0.4, -0.2) is 30.1 Å². The Labute approximate surface area is 199 Å². The average molecular weight is 462 g/mol. The molecule has 8 nitrogen and oxygen atoms in total. The first-order valence-electron chi connectivity index (χ1n) is 11.6. The van der Waals surface area contributed by atoms with Gasteiger partial charge in [-0.2, -0.15) is 0 Å². The predicted molar refractivity (Wildman–Crippen MR) is 131 cm³/mol. The molecule has 0 saturated carbocycles. The first kappa shape index (κ1) is 23.5. The molecule has 3 aromatic rings. The summed E-state index contributed by atoms with van der Waals surface area (Å²) in [5.74, 6) is -0.0986. The van der Waals surface area contributed by atoms with Crippen LogP contribution < -0.4 is 21.3 Å². The van der Waals surface area contributed by atoms with E-state index >= 15 is 0 Å². The molecule has 2 heterocycles. The molecule has 1 aromatic heterocycles. The monoisotopic (exact) mass is 461 g/mol. The normalized spacial score (nSPS) is 15.2. The molecule has 1 atom stereocenters. The lowest BCUT2D eigenvalue weighted by Gasteiger charge is -2.33. The average Bonchev–Trinajstić information content (AvgIpc) is 3.30. The number of hydrogen-bond acceptors (Lipinski definition) is 6. The van der Waals surface area contributed by atoms with E-state index in [0.717, 1.165) is 11.3 Å². The second-order valence-electron chi connectivity index (χ2n) is 8.81. The number of nitrogens with one attached hydrogen (secondary N) is 2. The molecule has 2 aromatic carbocycles. The Bertz CT molecular complexity index is 1140. The van der Waals surface area contributed by atoms with Gasteiger partial charge in [0.25, 0.3) is 5.91 Å². The zero-order valence-electron chi connectivity index (χ0n) is 19.6. The Morgan fingerprint density at radius 3 is 2.53 bits per heavy atom. The molecule has 8 heteroatoms. The van der Waals surface area contributed by atoms with Crippen molar-refractivity contribution in [3.05, 3.63) is 77.2 Å². The number of piperidine rings is 1. The lowest BCUT2D eigenvalue weighted by Crippen LogP contribution is -2.39. The van der Waals surface area contributed by atoms with Crippen LogP contribution in [0.1, 0.15) is 53.2 Å². The van der Waals surface area contributed by atoms with E-state index in [1.807, 2.05) is 30.3 Å². The van der Waals surface area contributed by atoms with Crippen LogP contribution in [0.4, 0.5) is 11.4 Å². The number of nitrogens with zero attached hydrogens (tertiary/aromatic N) is 2. The van der Waals surface area contributed by atoms with Crippen molar-refractivity contribution in [1.82, 2.24) is 10.5 Å². The smallest absolute Gasteiger partial charge is 0.277 e. The standard InChI is InChI=1S/C26H31N5O3/c1-17-14-23(30-34-17)26(33)29-22-15-19(16-28-18(2)20-6-4-3-5-7-20)8-9-24(22)31-12-10-21(11-13-31)25(27)32/h3-9,14-15,18,21,28H,10-13,16H2,1-2H3,(H2,27,32)(H,29,33). The van der Waals surface area contributed by atoms with E-state index in [2.05, 4.69) is 45.8 Å². The van der Waals surface area contributed by atoms with Crippen LogP contribution in [-0.2, 0) is 11.3 Å². The Balaban J connectivity index is 1.53. The molecule has 1 fully saturated rings. The van der Waals surface area contributed by atoms with Gasteiger partial charge in [0.05, 0.1) is 11.4 Å². The second kappa shape index (κ2) is 10.5. The van der Waals surface area contributed by atoms with Gasteiger partial charge in [0, 0.05) is 37.7 Å². The molecule has 178 valence electrons. The molecule has 1 saturated heterocycles. The number of amides is 2. The molecular weight excluding hydrogens is 430 g/mol. The Morgan fingerprint density at radius 2 is 1.88 bits per heavy atom. The van der Waals surface area contributed by atoms with E-state index in [9.17, 15) is 9.59 Å². The largest absolute Gasteiger partial charge is 0.370 e. The maximum atomic E-state index is 12.8. The highest BCUT2D eigenvalue weighted by molar-refractivity contribution is 6.04. The molecular formula is C26H31N5O3. The zero-order chi connectivity index (χ0) is 24.1. The molecule has 1 aliphatic rings. The number of carbonyl (C=O) groups is 2. The van der Waals surface area contributed by atoms with E-state index in [4.69, 9.17) is 10.3 Å². The van der Waals surface area contributed by atoms with Gasteiger partial charge in [-0.1, -0.05) is 41.6 Å². The maximum Gasteiger partial charge on any atom is 0.277 e.